The lowest BCUT2D eigenvalue weighted by atomic mass is 9.92. The molecule has 19 heteroatoms. The number of aromatic nitrogens is 1. The van der Waals surface area contributed by atoms with Gasteiger partial charge in [-0.3, -0.25) is 9.59 Å². The van der Waals surface area contributed by atoms with Crippen molar-refractivity contribution >= 4 is 43.2 Å². The molecular formula is C40H57F3N4O10S2. The smallest absolute Gasteiger partial charge is 0.222 e. The Morgan fingerprint density at radius 3 is 2.12 bits per heavy atom. The first kappa shape index (κ1) is 48.2. The summed E-state index contributed by atoms with van der Waals surface area (Å²) in [5.41, 5.74) is 5.54. The normalized spacial score (nSPS) is 17.5. The number of benzene rings is 2. The van der Waals surface area contributed by atoms with Crippen molar-refractivity contribution in [3.05, 3.63) is 58.4 Å². The van der Waals surface area contributed by atoms with Crippen molar-refractivity contribution in [2.24, 2.45) is 5.73 Å². The number of unbranched alkanes of at least 4 members (excludes halogenated alkanes) is 8. The second-order valence-electron chi connectivity index (χ2n) is 15.3. The molecule has 0 bridgehead atoms. The summed E-state index contributed by atoms with van der Waals surface area (Å²) in [4.78, 5) is 30.1. The summed E-state index contributed by atoms with van der Waals surface area (Å²) in [6.45, 7) is -0.544. The SMILES string of the molecule is N[C@@H](CC(=O)NC1(c2nc3ccc(OCCCCCCCCCCCC(=O)NC[C@H](O)[C@@H](O)[C@@H](O)[C@H](O)CO)cc3s2)CCS(=O)(=O)CC1)Cc1cc(F)c(F)cc1F. The first-order chi connectivity index (χ1) is 28.0. The van der Waals surface area contributed by atoms with E-state index in [0.717, 1.165) is 62.1 Å². The fraction of sp³-hybridized carbons (Fsp3) is 0.625. The van der Waals surface area contributed by atoms with Gasteiger partial charge in [-0.2, -0.15) is 0 Å². The third kappa shape index (κ3) is 14.9. The van der Waals surface area contributed by atoms with E-state index < -0.39 is 75.8 Å². The third-order valence-electron chi connectivity index (χ3n) is 10.5. The lowest BCUT2D eigenvalue weighted by molar-refractivity contribution is -0.126. The maximum Gasteiger partial charge on any atom is 0.222 e. The summed E-state index contributed by atoms with van der Waals surface area (Å²) in [5.74, 6) is -3.95. The van der Waals surface area contributed by atoms with Crippen molar-refractivity contribution in [1.82, 2.24) is 15.6 Å². The average Bonchev–Trinajstić information content (AvgIpc) is 3.63. The molecule has 1 aliphatic heterocycles. The standard InChI is InChI=1S/C40H57F3N4O10S2/c41-28-22-30(43)29(42)19-25(28)18-26(44)20-36(52)47-40(13-16-59(55,56)17-14-40)39-46-31-12-11-27(21-34(31)58-39)57-15-9-7-5-3-1-2-4-6-8-10-35(51)45-23-32(49)37(53)38(54)33(50)24-48/h11-12,19,21-22,26,32-33,37-38,48-50,53-54H,1-10,13-18,20,23-24,44H2,(H,45,51)(H,47,52)/t26-,32+,33-,37-,38+/m1/s1. The van der Waals surface area contributed by atoms with Crippen LogP contribution in [0.2, 0.25) is 0 Å². The molecule has 330 valence electrons. The molecule has 3 aromatic rings. The largest absolute Gasteiger partial charge is 0.494 e. The van der Waals surface area contributed by atoms with Gasteiger partial charge in [0.05, 0.1) is 46.6 Å². The predicted molar refractivity (Wildman–Crippen MR) is 216 cm³/mol. The first-order valence-electron chi connectivity index (χ1n) is 20.1. The summed E-state index contributed by atoms with van der Waals surface area (Å²) in [5, 5.41) is 53.6. The lowest BCUT2D eigenvalue weighted by Gasteiger charge is -2.36. The maximum atomic E-state index is 14.2. The molecule has 2 amide bonds. The third-order valence-corrected chi connectivity index (χ3v) is 13.4. The van der Waals surface area contributed by atoms with Crippen molar-refractivity contribution in [1.29, 1.82) is 0 Å². The van der Waals surface area contributed by atoms with E-state index in [4.69, 9.17) is 20.6 Å². The molecule has 9 N–H and O–H groups in total. The fourth-order valence-corrected chi connectivity index (χ4v) is 9.63. The van der Waals surface area contributed by atoms with Crippen molar-refractivity contribution < 1.29 is 61.4 Å². The Balaban J connectivity index is 1.14. The number of hydrogen-bond donors (Lipinski definition) is 8. The number of nitrogens with zero attached hydrogens (tertiary/aromatic N) is 1. The minimum atomic E-state index is -3.31. The van der Waals surface area contributed by atoms with Crippen molar-refractivity contribution in [2.75, 3.05) is 31.3 Å². The summed E-state index contributed by atoms with van der Waals surface area (Å²) in [7, 11) is -3.31. The van der Waals surface area contributed by atoms with Gasteiger partial charge in [-0.05, 0) is 61.9 Å². The fourth-order valence-electron chi connectivity index (χ4n) is 6.91. The molecular weight excluding hydrogens is 818 g/mol. The number of hydrogen-bond acceptors (Lipinski definition) is 13. The molecule has 0 unspecified atom stereocenters. The van der Waals surface area contributed by atoms with E-state index in [1.807, 2.05) is 18.2 Å². The lowest BCUT2D eigenvalue weighted by Crippen LogP contribution is -2.51. The van der Waals surface area contributed by atoms with E-state index >= 15 is 0 Å². The van der Waals surface area contributed by atoms with E-state index in [0.29, 0.717) is 35.4 Å². The van der Waals surface area contributed by atoms with Gasteiger partial charge in [0.25, 0.3) is 0 Å². The highest BCUT2D eigenvalue weighted by Gasteiger charge is 2.42. The number of aliphatic hydroxyl groups is 5. The number of nitrogens with one attached hydrogen (secondary N) is 2. The van der Waals surface area contributed by atoms with Crippen molar-refractivity contribution in [2.45, 2.75) is 126 Å². The molecule has 5 atom stereocenters. The minimum absolute atomic E-state index is 0.102. The van der Waals surface area contributed by atoms with Gasteiger partial charge in [0.15, 0.2) is 21.5 Å². The first-order valence-corrected chi connectivity index (χ1v) is 22.7. The van der Waals surface area contributed by atoms with E-state index in [1.165, 1.54) is 11.3 Å². The Hall–Kier alpha value is -3.43. The summed E-state index contributed by atoms with van der Waals surface area (Å²) in [6.07, 6.45) is 2.07. The van der Waals surface area contributed by atoms with Gasteiger partial charge < -0.3 is 46.6 Å². The summed E-state index contributed by atoms with van der Waals surface area (Å²) in [6, 6.07) is 5.73. The molecule has 0 spiro atoms. The highest BCUT2D eigenvalue weighted by atomic mass is 32.2. The number of rotatable bonds is 25. The van der Waals surface area contributed by atoms with Crippen LogP contribution in [-0.2, 0) is 31.4 Å². The second-order valence-corrected chi connectivity index (χ2v) is 18.7. The second kappa shape index (κ2) is 23.0. The number of sulfone groups is 1. The number of nitrogens with two attached hydrogens (primary N) is 1. The number of fused-ring (bicyclic) bond motifs is 1. The van der Waals surface area contributed by atoms with Crippen molar-refractivity contribution in [3.8, 4) is 5.75 Å². The molecule has 14 nitrogen and oxygen atoms in total. The molecule has 0 radical (unpaired) electrons. The monoisotopic (exact) mass is 874 g/mol. The van der Waals surface area contributed by atoms with E-state index in [-0.39, 0.29) is 61.6 Å². The Labute approximate surface area is 346 Å². The molecule has 0 saturated carbocycles. The van der Waals surface area contributed by atoms with Crippen molar-refractivity contribution in [3.63, 3.8) is 0 Å². The van der Waals surface area contributed by atoms with Crippen LogP contribution in [-0.4, -0.2) is 112 Å². The van der Waals surface area contributed by atoms with Gasteiger partial charge in [-0.25, -0.2) is 26.6 Å². The number of aliphatic hydroxyl groups excluding tert-OH is 5. The average molecular weight is 875 g/mol. The topological polar surface area (TPSA) is 242 Å². The van der Waals surface area contributed by atoms with Crippen LogP contribution in [0, 0.1) is 17.5 Å². The molecule has 4 rings (SSSR count). The Morgan fingerprint density at radius 1 is 0.847 bits per heavy atom. The van der Waals surface area contributed by atoms with Crippen LogP contribution < -0.4 is 21.1 Å². The van der Waals surface area contributed by atoms with E-state index in [9.17, 15) is 51.6 Å². The zero-order chi connectivity index (χ0) is 43.2. The maximum absolute atomic E-state index is 14.2. The highest BCUT2D eigenvalue weighted by molar-refractivity contribution is 7.91. The van der Waals surface area contributed by atoms with Crippen LogP contribution in [0.4, 0.5) is 13.2 Å². The Morgan fingerprint density at radius 2 is 1.46 bits per heavy atom. The van der Waals surface area contributed by atoms with Crippen LogP contribution in [0.5, 0.6) is 5.75 Å². The molecule has 0 aliphatic carbocycles. The van der Waals surface area contributed by atoms with Gasteiger partial charge in [-0.15, -0.1) is 11.3 Å². The quantitative estimate of drug-likeness (QED) is 0.0453. The molecule has 1 aromatic heterocycles. The number of thiazole rings is 1. The van der Waals surface area contributed by atoms with Crippen LogP contribution >= 0.6 is 11.3 Å². The Bertz CT molecular complexity index is 1920. The molecule has 1 saturated heterocycles. The molecule has 59 heavy (non-hydrogen) atoms. The van der Waals surface area contributed by atoms with E-state index in [2.05, 4.69) is 10.6 Å². The van der Waals surface area contributed by atoms with Crippen LogP contribution in [0.1, 0.15) is 94.0 Å². The van der Waals surface area contributed by atoms with Gasteiger partial charge >= 0.3 is 0 Å². The van der Waals surface area contributed by atoms with Gasteiger partial charge in [0.1, 0.15) is 34.9 Å². The zero-order valence-electron chi connectivity index (χ0n) is 33.0. The number of carbonyl (C=O) groups excluding carboxylic acids is 2. The van der Waals surface area contributed by atoms with Gasteiger partial charge in [0.2, 0.25) is 11.8 Å². The van der Waals surface area contributed by atoms with Gasteiger partial charge in [-0.1, -0.05) is 44.9 Å². The summed E-state index contributed by atoms with van der Waals surface area (Å²) >= 11 is 1.34. The molecule has 1 fully saturated rings. The van der Waals surface area contributed by atoms with Crippen LogP contribution in [0.15, 0.2) is 30.3 Å². The number of halogens is 3. The van der Waals surface area contributed by atoms with E-state index in [1.54, 1.807) is 0 Å². The zero-order valence-corrected chi connectivity index (χ0v) is 34.6. The minimum Gasteiger partial charge on any atom is -0.494 e. The van der Waals surface area contributed by atoms with Crippen LogP contribution in [0.25, 0.3) is 10.2 Å². The van der Waals surface area contributed by atoms with Crippen LogP contribution in [0.3, 0.4) is 0 Å². The predicted octanol–water partition coefficient (Wildman–Crippen LogP) is 3.03. The molecule has 2 heterocycles. The number of carbonyl (C=O) groups is 2. The number of ether oxygens (including phenoxy) is 1. The summed E-state index contributed by atoms with van der Waals surface area (Å²) < 4.78 is 72.8. The molecule has 2 aromatic carbocycles. The number of amides is 2. The highest BCUT2D eigenvalue weighted by Crippen LogP contribution is 2.39. The molecule has 1 aliphatic rings. The van der Waals surface area contributed by atoms with Gasteiger partial charge in [0, 0.05) is 31.5 Å². The Kier molecular flexibility index (Phi) is 18.8.